The van der Waals surface area contributed by atoms with Crippen LogP contribution in [-0.4, -0.2) is 16.9 Å². The standard InChI is InChI=1S/C14H17FN2S/c1-3-14-16-12(10-18-14)9-17(2)8-11-6-4-5-7-13(11)15/h4-7,10H,3,8-9H2,1-2H3. The van der Waals surface area contributed by atoms with E-state index in [1.165, 1.54) is 6.07 Å². The summed E-state index contributed by atoms with van der Waals surface area (Å²) in [5.41, 5.74) is 1.79. The highest BCUT2D eigenvalue weighted by Crippen LogP contribution is 2.14. The van der Waals surface area contributed by atoms with Crippen LogP contribution in [0, 0.1) is 5.82 Å². The average molecular weight is 264 g/mol. The maximum absolute atomic E-state index is 13.5. The van der Waals surface area contributed by atoms with Gasteiger partial charge in [-0.2, -0.15) is 0 Å². The summed E-state index contributed by atoms with van der Waals surface area (Å²) in [4.78, 5) is 6.59. The number of aryl methyl sites for hydroxylation is 1. The fourth-order valence-electron chi connectivity index (χ4n) is 1.83. The van der Waals surface area contributed by atoms with Crippen molar-refractivity contribution in [2.75, 3.05) is 7.05 Å². The van der Waals surface area contributed by atoms with Crippen molar-refractivity contribution in [2.24, 2.45) is 0 Å². The van der Waals surface area contributed by atoms with Gasteiger partial charge in [0.05, 0.1) is 10.7 Å². The van der Waals surface area contributed by atoms with Crippen molar-refractivity contribution in [1.29, 1.82) is 0 Å². The zero-order chi connectivity index (χ0) is 13.0. The molecule has 2 rings (SSSR count). The molecule has 0 aliphatic rings. The first kappa shape index (κ1) is 13.2. The normalized spacial score (nSPS) is 11.1. The molecule has 1 aromatic carbocycles. The van der Waals surface area contributed by atoms with Gasteiger partial charge in [0, 0.05) is 24.0 Å². The van der Waals surface area contributed by atoms with E-state index in [1.54, 1.807) is 17.4 Å². The zero-order valence-corrected chi connectivity index (χ0v) is 11.5. The number of thiazole rings is 1. The summed E-state index contributed by atoms with van der Waals surface area (Å²) in [5.74, 6) is -0.142. The molecule has 0 saturated heterocycles. The molecule has 0 aliphatic carbocycles. The quantitative estimate of drug-likeness (QED) is 0.822. The molecule has 0 saturated carbocycles. The molecule has 18 heavy (non-hydrogen) atoms. The first-order chi connectivity index (χ1) is 8.69. The van der Waals surface area contributed by atoms with Crippen molar-refractivity contribution in [3.8, 4) is 0 Å². The lowest BCUT2D eigenvalue weighted by atomic mass is 10.2. The van der Waals surface area contributed by atoms with Gasteiger partial charge in [-0.1, -0.05) is 25.1 Å². The molecule has 96 valence electrons. The van der Waals surface area contributed by atoms with Crippen LogP contribution in [-0.2, 0) is 19.5 Å². The second-order valence-corrected chi connectivity index (χ2v) is 5.29. The monoisotopic (exact) mass is 264 g/mol. The van der Waals surface area contributed by atoms with E-state index in [4.69, 9.17) is 0 Å². The van der Waals surface area contributed by atoms with E-state index < -0.39 is 0 Å². The maximum Gasteiger partial charge on any atom is 0.127 e. The number of aromatic nitrogens is 1. The Morgan fingerprint density at radius 3 is 2.72 bits per heavy atom. The third-order valence-electron chi connectivity index (χ3n) is 2.73. The molecule has 0 spiro atoms. The first-order valence-electron chi connectivity index (χ1n) is 6.04. The van der Waals surface area contributed by atoms with Gasteiger partial charge in [0.1, 0.15) is 5.82 Å². The summed E-state index contributed by atoms with van der Waals surface area (Å²) in [7, 11) is 1.98. The summed E-state index contributed by atoms with van der Waals surface area (Å²) >= 11 is 1.69. The third-order valence-corrected chi connectivity index (χ3v) is 3.77. The Morgan fingerprint density at radius 2 is 2.06 bits per heavy atom. The van der Waals surface area contributed by atoms with Gasteiger partial charge in [-0.05, 0) is 19.5 Å². The Labute approximate surface area is 111 Å². The second-order valence-electron chi connectivity index (χ2n) is 4.35. The average Bonchev–Trinajstić information content (AvgIpc) is 2.80. The van der Waals surface area contributed by atoms with Gasteiger partial charge >= 0.3 is 0 Å². The van der Waals surface area contributed by atoms with Crippen LogP contribution in [0.1, 0.15) is 23.2 Å². The largest absolute Gasteiger partial charge is 0.296 e. The molecule has 0 atom stereocenters. The number of rotatable bonds is 5. The Kier molecular flexibility index (Phi) is 4.44. The highest BCUT2D eigenvalue weighted by Gasteiger charge is 2.07. The lowest BCUT2D eigenvalue weighted by Crippen LogP contribution is -2.18. The summed E-state index contributed by atoms with van der Waals surface area (Å²) in [6.07, 6.45) is 0.974. The number of nitrogens with zero attached hydrogens (tertiary/aromatic N) is 2. The Bertz CT molecular complexity index is 510. The van der Waals surface area contributed by atoms with Crippen molar-refractivity contribution in [3.63, 3.8) is 0 Å². The van der Waals surface area contributed by atoms with Crippen LogP contribution < -0.4 is 0 Å². The molecule has 4 heteroatoms. The Balaban J connectivity index is 1.96. The number of benzene rings is 1. The highest BCUT2D eigenvalue weighted by atomic mass is 32.1. The molecular weight excluding hydrogens is 247 g/mol. The lowest BCUT2D eigenvalue weighted by Gasteiger charge is -2.15. The molecule has 0 amide bonds. The number of halogens is 1. The number of hydrogen-bond donors (Lipinski definition) is 0. The molecule has 0 bridgehead atoms. The first-order valence-corrected chi connectivity index (χ1v) is 6.92. The predicted molar refractivity (Wildman–Crippen MR) is 73.1 cm³/mol. The van der Waals surface area contributed by atoms with E-state index in [-0.39, 0.29) is 5.82 Å². The van der Waals surface area contributed by atoms with Crippen molar-refractivity contribution in [3.05, 3.63) is 51.7 Å². The van der Waals surface area contributed by atoms with Gasteiger partial charge in [-0.3, -0.25) is 4.90 Å². The zero-order valence-electron chi connectivity index (χ0n) is 10.7. The molecule has 2 nitrogen and oxygen atoms in total. The molecule has 1 heterocycles. The van der Waals surface area contributed by atoms with E-state index in [0.29, 0.717) is 6.54 Å². The second kappa shape index (κ2) is 6.07. The van der Waals surface area contributed by atoms with Crippen LogP contribution in [0.2, 0.25) is 0 Å². The van der Waals surface area contributed by atoms with Gasteiger partial charge in [-0.15, -0.1) is 11.3 Å². The maximum atomic E-state index is 13.5. The van der Waals surface area contributed by atoms with Crippen molar-refractivity contribution in [2.45, 2.75) is 26.4 Å². The molecule has 0 unspecified atom stereocenters. The molecule has 0 radical (unpaired) electrons. The van der Waals surface area contributed by atoms with E-state index in [2.05, 4.69) is 22.2 Å². The minimum absolute atomic E-state index is 0.142. The predicted octanol–water partition coefficient (Wildman–Crippen LogP) is 3.48. The summed E-state index contributed by atoms with van der Waals surface area (Å²) in [6.45, 7) is 3.46. The fourth-order valence-corrected chi connectivity index (χ4v) is 2.57. The van der Waals surface area contributed by atoms with E-state index in [9.17, 15) is 4.39 Å². The topological polar surface area (TPSA) is 16.1 Å². The summed E-state index contributed by atoms with van der Waals surface area (Å²) < 4.78 is 13.5. The van der Waals surface area contributed by atoms with Gasteiger partial charge in [-0.25, -0.2) is 9.37 Å². The van der Waals surface area contributed by atoms with Crippen LogP contribution in [0.25, 0.3) is 0 Å². The van der Waals surface area contributed by atoms with Crippen LogP contribution in [0.3, 0.4) is 0 Å². The van der Waals surface area contributed by atoms with Crippen LogP contribution in [0.4, 0.5) is 4.39 Å². The number of hydrogen-bond acceptors (Lipinski definition) is 3. The van der Waals surface area contributed by atoms with Gasteiger partial charge < -0.3 is 0 Å². The van der Waals surface area contributed by atoms with Crippen molar-refractivity contribution >= 4 is 11.3 Å². The van der Waals surface area contributed by atoms with E-state index in [1.807, 2.05) is 19.2 Å². The minimum atomic E-state index is -0.142. The highest BCUT2D eigenvalue weighted by molar-refractivity contribution is 7.09. The molecule has 2 aromatic rings. The molecule has 0 fully saturated rings. The van der Waals surface area contributed by atoms with Crippen LogP contribution in [0.5, 0.6) is 0 Å². The van der Waals surface area contributed by atoms with Crippen LogP contribution >= 0.6 is 11.3 Å². The van der Waals surface area contributed by atoms with Crippen LogP contribution in [0.15, 0.2) is 29.6 Å². The summed E-state index contributed by atoms with van der Waals surface area (Å²) in [5, 5.41) is 3.24. The lowest BCUT2D eigenvalue weighted by molar-refractivity contribution is 0.310. The van der Waals surface area contributed by atoms with E-state index >= 15 is 0 Å². The molecular formula is C14H17FN2S. The fraction of sp³-hybridized carbons (Fsp3) is 0.357. The smallest absolute Gasteiger partial charge is 0.127 e. The Morgan fingerprint density at radius 1 is 1.28 bits per heavy atom. The van der Waals surface area contributed by atoms with Crippen molar-refractivity contribution in [1.82, 2.24) is 9.88 Å². The van der Waals surface area contributed by atoms with Crippen molar-refractivity contribution < 1.29 is 4.39 Å². The molecule has 0 N–H and O–H groups in total. The van der Waals surface area contributed by atoms with Gasteiger partial charge in [0.25, 0.3) is 0 Å². The SMILES string of the molecule is CCc1nc(CN(C)Cc2ccccc2F)cs1. The molecule has 0 aliphatic heterocycles. The van der Waals surface area contributed by atoms with Gasteiger partial charge in [0.2, 0.25) is 0 Å². The minimum Gasteiger partial charge on any atom is -0.296 e. The third kappa shape index (κ3) is 3.37. The summed E-state index contributed by atoms with van der Waals surface area (Å²) in [6, 6.07) is 6.91. The Hall–Kier alpha value is -1.26. The molecule has 1 aromatic heterocycles. The van der Waals surface area contributed by atoms with E-state index in [0.717, 1.165) is 29.2 Å². The van der Waals surface area contributed by atoms with Gasteiger partial charge in [0.15, 0.2) is 0 Å².